The molecule has 5 heteroatoms. The van der Waals surface area contributed by atoms with Gasteiger partial charge >= 0.3 is 11.9 Å². The second-order valence-corrected chi connectivity index (χ2v) is 6.87. The number of carboxylic acid groups (broad SMARTS) is 1. The van der Waals surface area contributed by atoms with E-state index in [2.05, 4.69) is 6.92 Å². The second kappa shape index (κ2) is 11.2. The van der Waals surface area contributed by atoms with Crippen LogP contribution in [0.25, 0.3) is 11.1 Å². The molecule has 0 atom stereocenters. The van der Waals surface area contributed by atoms with Crippen molar-refractivity contribution in [2.45, 2.75) is 58.3 Å². The molecule has 0 saturated carbocycles. The Hall–Kier alpha value is -2.69. The SMILES string of the molecule is CCCCCCCCCC(=O)Oc1ccc(-c2ccc(C(=O)O)c(F)c2)cc1. The molecule has 0 heterocycles. The first-order chi connectivity index (χ1) is 13.5. The van der Waals surface area contributed by atoms with Crippen LogP contribution in [0.4, 0.5) is 4.39 Å². The second-order valence-electron chi connectivity index (χ2n) is 6.87. The average molecular weight is 386 g/mol. The fraction of sp³-hybridized carbons (Fsp3) is 0.391. The van der Waals surface area contributed by atoms with Gasteiger partial charge in [-0.25, -0.2) is 9.18 Å². The predicted molar refractivity (Wildman–Crippen MR) is 107 cm³/mol. The van der Waals surface area contributed by atoms with Crippen LogP contribution in [0.5, 0.6) is 5.75 Å². The van der Waals surface area contributed by atoms with E-state index in [0.717, 1.165) is 19.3 Å². The first-order valence-electron chi connectivity index (χ1n) is 9.85. The van der Waals surface area contributed by atoms with E-state index in [1.807, 2.05) is 0 Å². The van der Waals surface area contributed by atoms with Crippen LogP contribution in [-0.4, -0.2) is 17.0 Å². The molecule has 0 aromatic heterocycles. The number of ether oxygens (including phenoxy) is 1. The molecule has 0 aliphatic rings. The van der Waals surface area contributed by atoms with Gasteiger partial charge in [-0.1, -0.05) is 63.6 Å². The average Bonchev–Trinajstić information content (AvgIpc) is 2.67. The number of carbonyl (C=O) groups excluding carboxylic acids is 1. The number of carboxylic acids is 1. The third-order valence-electron chi connectivity index (χ3n) is 4.60. The highest BCUT2D eigenvalue weighted by atomic mass is 19.1. The summed E-state index contributed by atoms with van der Waals surface area (Å²) in [6.45, 7) is 2.19. The van der Waals surface area contributed by atoms with Crippen LogP contribution in [0.2, 0.25) is 0 Å². The van der Waals surface area contributed by atoms with E-state index in [-0.39, 0.29) is 11.5 Å². The van der Waals surface area contributed by atoms with Crippen LogP contribution >= 0.6 is 0 Å². The van der Waals surface area contributed by atoms with E-state index in [9.17, 15) is 14.0 Å². The summed E-state index contributed by atoms with van der Waals surface area (Å²) in [7, 11) is 0. The first-order valence-corrected chi connectivity index (χ1v) is 9.85. The van der Waals surface area contributed by atoms with Crippen LogP contribution in [0.15, 0.2) is 42.5 Å². The van der Waals surface area contributed by atoms with E-state index in [4.69, 9.17) is 9.84 Å². The lowest BCUT2D eigenvalue weighted by Crippen LogP contribution is -2.07. The lowest BCUT2D eigenvalue weighted by Gasteiger charge is -2.07. The lowest BCUT2D eigenvalue weighted by atomic mass is 10.0. The molecular formula is C23H27FO4. The van der Waals surface area contributed by atoms with Crippen molar-refractivity contribution in [2.75, 3.05) is 0 Å². The fourth-order valence-corrected chi connectivity index (χ4v) is 2.99. The zero-order valence-corrected chi connectivity index (χ0v) is 16.2. The molecule has 4 nitrogen and oxygen atoms in total. The number of carbonyl (C=O) groups is 2. The zero-order valence-electron chi connectivity index (χ0n) is 16.2. The molecule has 150 valence electrons. The Morgan fingerprint density at radius 2 is 1.50 bits per heavy atom. The van der Waals surface area contributed by atoms with Gasteiger partial charge in [0.2, 0.25) is 0 Å². The van der Waals surface area contributed by atoms with E-state index >= 15 is 0 Å². The molecule has 0 radical (unpaired) electrons. The number of aromatic carboxylic acids is 1. The highest BCUT2D eigenvalue weighted by Gasteiger charge is 2.11. The Balaban J connectivity index is 1.81. The molecule has 0 saturated heterocycles. The third-order valence-corrected chi connectivity index (χ3v) is 4.60. The van der Waals surface area contributed by atoms with Crippen molar-refractivity contribution in [3.63, 3.8) is 0 Å². The molecule has 2 rings (SSSR count). The summed E-state index contributed by atoms with van der Waals surface area (Å²) in [6, 6.07) is 10.7. The maximum Gasteiger partial charge on any atom is 0.338 e. The van der Waals surface area contributed by atoms with Crippen LogP contribution in [0.1, 0.15) is 68.6 Å². The molecule has 0 amide bonds. The Bertz CT molecular complexity index is 784. The Morgan fingerprint density at radius 3 is 2.11 bits per heavy atom. The molecule has 28 heavy (non-hydrogen) atoms. The monoisotopic (exact) mass is 386 g/mol. The highest BCUT2D eigenvalue weighted by Crippen LogP contribution is 2.25. The van der Waals surface area contributed by atoms with Gasteiger partial charge in [0.05, 0.1) is 5.56 Å². The van der Waals surface area contributed by atoms with E-state index in [1.54, 1.807) is 30.3 Å². The molecule has 1 N–H and O–H groups in total. The van der Waals surface area contributed by atoms with Crippen LogP contribution < -0.4 is 4.74 Å². The van der Waals surface area contributed by atoms with Gasteiger partial charge in [-0.3, -0.25) is 4.79 Å². The normalized spacial score (nSPS) is 10.6. The molecule has 2 aromatic carbocycles. The minimum absolute atomic E-state index is 0.252. The van der Waals surface area contributed by atoms with Gasteiger partial charge in [0.25, 0.3) is 0 Å². The number of esters is 1. The smallest absolute Gasteiger partial charge is 0.338 e. The van der Waals surface area contributed by atoms with Gasteiger partial charge < -0.3 is 9.84 Å². The molecular weight excluding hydrogens is 359 g/mol. The third kappa shape index (κ3) is 6.80. The lowest BCUT2D eigenvalue weighted by molar-refractivity contribution is -0.134. The van der Waals surface area contributed by atoms with E-state index < -0.39 is 11.8 Å². The van der Waals surface area contributed by atoms with E-state index in [0.29, 0.717) is 23.3 Å². The summed E-state index contributed by atoms with van der Waals surface area (Å²) in [5.41, 5.74) is 0.908. The number of hydrogen-bond donors (Lipinski definition) is 1. The van der Waals surface area contributed by atoms with Crippen molar-refractivity contribution < 1.29 is 23.8 Å². The summed E-state index contributed by atoms with van der Waals surface area (Å²) < 4.78 is 19.2. The number of rotatable bonds is 11. The highest BCUT2D eigenvalue weighted by molar-refractivity contribution is 5.88. The number of unbranched alkanes of at least 4 members (excludes halogenated alkanes) is 6. The van der Waals surface area contributed by atoms with Crippen molar-refractivity contribution in [3.8, 4) is 16.9 Å². The summed E-state index contributed by atoms with van der Waals surface area (Å²) in [4.78, 5) is 22.8. The maximum absolute atomic E-state index is 13.8. The topological polar surface area (TPSA) is 63.6 Å². The molecule has 0 unspecified atom stereocenters. The Labute approximate surface area is 165 Å². The summed E-state index contributed by atoms with van der Waals surface area (Å²) in [5.74, 6) is -1.89. The standard InChI is InChI=1S/C23H27FO4/c1-2-3-4-5-6-7-8-9-22(25)28-19-13-10-17(11-14-19)18-12-15-20(23(26)27)21(24)16-18/h10-16H,2-9H2,1H3,(H,26,27). The summed E-state index contributed by atoms with van der Waals surface area (Å²) >= 11 is 0. The molecule has 0 fully saturated rings. The van der Waals surface area contributed by atoms with Crippen LogP contribution in [0.3, 0.4) is 0 Å². The number of benzene rings is 2. The van der Waals surface area contributed by atoms with Crippen LogP contribution in [0, 0.1) is 5.82 Å². The Kier molecular flexibility index (Phi) is 8.66. The number of hydrogen-bond acceptors (Lipinski definition) is 3. The summed E-state index contributed by atoms with van der Waals surface area (Å²) in [5, 5.41) is 8.88. The Morgan fingerprint density at radius 1 is 0.893 bits per heavy atom. The zero-order chi connectivity index (χ0) is 20.4. The van der Waals surface area contributed by atoms with Crippen molar-refractivity contribution >= 4 is 11.9 Å². The van der Waals surface area contributed by atoms with Gasteiger partial charge in [0.15, 0.2) is 0 Å². The predicted octanol–water partition coefficient (Wildman–Crippen LogP) is 6.24. The quantitative estimate of drug-likeness (QED) is 0.282. The molecule has 0 spiro atoms. The van der Waals surface area contributed by atoms with E-state index in [1.165, 1.54) is 37.8 Å². The van der Waals surface area contributed by atoms with Crippen molar-refractivity contribution in [1.29, 1.82) is 0 Å². The van der Waals surface area contributed by atoms with Gasteiger partial charge in [0.1, 0.15) is 11.6 Å². The molecule has 0 bridgehead atoms. The largest absolute Gasteiger partial charge is 0.478 e. The summed E-state index contributed by atoms with van der Waals surface area (Å²) in [6.07, 6.45) is 8.40. The van der Waals surface area contributed by atoms with Gasteiger partial charge in [-0.15, -0.1) is 0 Å². The molecule has 0 aliphatic carbocycles. The molecule has 2 aromatic rings. The van der Waals surface area contributed by atoms with Gasteiger partial charge in [-0.05, 0) is 41.8 Å². The van der Waals surface area contributed by atoms with Gasteiger partial charge in [-0.2, -0.15) is 0 Å². The molecule has 0 aliphatic heterocycles. The van der Waals surface area contributed by atoms with Gasteiger partial charge in [0, 0.05) is 6.42 Å². The van der Waals surface area contributed by atoms with Crippen molar-refractivity contribution in [3.05, 3.63) is 53.8 Å². The maximum atomic E-state index is 13.8. The minimum atomic E-state index is -1.30. The van der Waals surface area contributed by atoms with Crippen molar-refractivity contribution in [1.82, 2.24) is 0 Å². The number of halogens is 1. The fourth-order valence-electron chi connectivity index (χ4n) is 2.99. The van der Waals surface area contributed by atoms with Crippen LogP contribution in [-0.2, 0) is 4.79 Å². The first kappa shape index (κ1) is 21.6. The van der Waals surface area contributed by atoms with Crippen molar-refractivity contribution in [2.24, 2.45) is 0 Å². The minimum Gasteiger partial charge on any atom is -0.478 e.